The topological polar surface area (TPSA) is 66.0 Å². The van der Waals surface area contributed by atoms with Gasteiger partial charge in [-0.25, -0.2) is 0 Å². The van der Waals surface area contributed by atoms with Crippen LogP contribution in [0.5, 0.6) is 5.75 Å². The van der Waals surface area contributed by atoms with Crippen LogP contribution in [0.3, 0.4) is 0 Å². The van der Waals surface area contributed by atoms with E-state index >= 15 is 0 Å². The highest BCUT2D eigenvalue weighted by Gasteiger charge is 2.21. The summed E-state index contributed by atoms with van der Waals surface area (Å²) in [4.78, 5) is 18.3. The van der Waals surface area contributed by atoms with Crippen LogP contribution in [-0.4, -0.2) is 61.1 Å². The van der Waals surface area contributed by atoms with Gasteiger partial charge in [-0.1, -0.05) is 19.1 Å². The van der Waals surface area contributed by atoms with Gasteiger partial charge in [0.2, 0.25) is 0 Å². The summed E-state index contributed by atoms with van der Waals surface area (Å²) in [5.41, 5.74) is 1.10. The molecule has 0 bridgehead atoms. The quantitative estimate of drug-likeness (QED) is 0.338. The number of carbonyl (C=O) groups is 1. The van der Waals surface area contributed by atoms with Crippen molar-refractivity contribution in [2.45, 2.75) is 32.1 Å². The monoisotopic (exact) mass is 506 g/mol. The summed E-state index contributed by atoms with van der Waals surface area (Å²) in [6.45, 7) is 7.51. The zero-order valence-corrected chi connectivity index (χ0v) is 19.5. The van der Waals surface area contributed by atoms with E-state index in [1.54, 1.807) is 0 Å². The Morgan fingerprint density at radius 2 is 2.19 bits per heavy atom. The fourth-order valence-electron chi connectivity index (χ4n) is 2.81. The zero-order chi connectivity index (χ0) is 18.8. The number of carbonyl (C=O) groups excluding carboxylic acids is 1. The second-order valence-electron chi connectivity index (χ2n) is 6.14. The molecule has 0 spiro atoms. The molecule has 0 aliphatic carbocycles. The largest absolute Gasteiger partial charge is 0.484 e. The molecule has 1 aromatic rings. The van der Waals surface area contributed by atoms with E-state index in [4.69, 9.17) is 4.74 Å². The molecule has 152 valence electrons. The van der Waals surface area contributed by atoms with E-state index in [0.29, 0.717) is 24.1 Å². The highest BCUT2D eigenvalue weighted by molar-refractivity contribution is 14.0. The SMILES string of the molecule is CCNC(=O)COc1cccc(CNC(=NC)N2CCSC(CC)C2)c1.I. The lowest BCUT2D eigenvalue weighted by Crippen LogP contribution is -2.47. The van der Waals surface area contributed by atoms with Crippen molar-refractivity contribution in [3.05, 3.63) is 29.8 Å². The molecule has 1 heterocycles. The van der Waals surface area contributed by atoms with Gasteiger partial charge in [-0.2, -0.15) is 11.8 Å². The van der Waals surface area contributed by atoms with Crippen LogP contribution in [0, 0.1) is 0 Å². The Morgan fingerprint density at radius 3 is 2.89 bits per heavy atom. The molecule has 1 fully saturated rings. The minimum Gasteiger partial charge on any atom is -0.484 e. The van der Waals surface area contributed by atoms with E-state index in [9.17, 15) is 4.79 Å². The standard InChI is InChI=1S/C19H30N4O2S.HI/c1-4-17-13-23(9-10-26-17)19(20-3)22-12-15-7-6-8-16(11-15)25-14-18(24)21-5-2;/h6-8,11,17H,4-5,9-10,12-14H2,1-3H3,(H,20,22)(H,21,24);1H. The number of rotatable bonds is 7. The van der Waals surface area contributed by atoms with Crippen LogP contribution in [0.4, 0.5) is 0 Å². The smallest absolute Gasteiger partial charge is 0.257 e. The molecular weight excluding hydrogens is 475 g/mol. The number of hydrogen-bond donors (Lipinski definition) is 2. The molecule has 2 N–H and O–H groups in total. The maximum Gasteiger partial charge on any atom is 0.257 e. The first-order valence-corrected chi connectivity index (χ1v) is 10.3. The highest BCUT2D eigenvalue weighted by Crippen LogP contribution is 2.21. The van der Waals surface area contributed by atoms with Crippen molar-refractivity contribution in [1.29, 1.82) is 0 Å². The van der Waals surface area contributed by atoms with Gasteiger partial charge in [0.15, 0.2) is 12.6 Å². The number of nitrogens with zero attached hydrogens (tertiary/aromatic N) is 2. The number of benzene rings is 1. The van der Waals surface area contributed by atoms with E-state index in [0.717, 1.165) is 30.4 Å². The van der Waals surface area contributed by atoms with Crippen molar-refractivity contribution in [3.63, 3.8) is 0 Å². The number of aliphatic imine (C=N–C) groups is 1. The number of guanidine groups is 1. The fourth-order valence-corrected chi connectivity index (χ4v) is 3.99. The van der Waals surface area contributed by atoms with E-state index in [-0.39, 0.29) is 36.5 Å². The molecule has 0 radical (unpaired) electrons. The van der Waals surface area contributed by atoms with E-state index in [2.05, 4.69) is 27.4 Å². The molecule has 8 heteroatoms. The van der Waals surface area contributed by atoms with Crippen LogP contribution >= 0.6 is 35.7 Å². The van der Waals surface area contributed by atoms with E-state index in [1.807, 2.05) is 50.0 Å². The zero-order valence-electron chi connectivity index (χ0n) is 16.4. The number of thioether (sulfide) groups is 1. The molecule has 1 atom stereocenters. The average Bonchev–Trinajstić information content (AvgIpc) is 2.67. The lowest BCUT2D eigenvalue weighted by molar-refractivity contribution is -0.122. The third kappa shape index (κ3) is 8.16. The number of nitrogens with one attached hydrogen (secondary N) is 2. The lowest BCUT2D eigenvalue weighted by atomic mass is 10.2. The number of hydrogen-bond acceptors (Lipinski definition) is 4. The minimum atomic E-state index is -0.107. The summed E-state index contributed by atoms with van der Waals surface area (Å²) in [5, 5.41) is 6.84. The summed E-state index contributed by atoms with van der Waals surface area (Å²) in [6, 6.07) is 7.81. The predicted octanol–water partition coefficient (Wildman–Crippen LogP) is 2.72. The highest BCUT2D eigenvalue weighted by atomic mass is 127. The van der Waals surface area contributed by atoms with Crippen LogP contribution in [0.1, 0.15) is 25.8 Å². The van der Waals surface area contributed by atoms with E-state index in [1.165, 1.54) is 6.42 Å². The van der Waals surface area contributed by atoms with Gasteiger partial charge in [-0.05, 0) is 31.0 Å². The normalized spacial score (nSPS) is 17.1. The summed E-state index contributed by atoms with van der Waals surface area (Å²) >= 11 is 2.05. The van der Waals surface area contributed by atoms with Gasteiger partial charge in [0.05, 0.1) is 0 Å². The number of ether oxygens (including phenoxy) is 1. The molecule has 0 saturated carbocycles. The molecule has 2 rings (SSSR count). The van der Waals surface area contributed by atoms with Crippen LogP contribution in [0.25, 0.3) is 0 Å². The second kappa shape index (κ2) is 13.1. The van der Waals surface area contributed by atoms with E-state index < -0.39 is 0 Å². The Morgan fingerprint density at radius 1 is 1.37 bits per heavy atom. The first kappa shape index (κ1) is 23.9. The van der Waals surface area contributed by atoms with Gasteiger partial charge in [-0.15, -0.1) is 24.0 Å². The van der Waals surface area contributed by atoms with Crippen LogP contribution < -0.4 is 15.4 Å². The Labute approximate surface area is 183 Å². The Kier molecular flexibility index (Phi) is 11.6. The van der Waals surface area contributed by atoms with Crippen molar-refractivity contribution in [3.8, 4) is 5.75 Å². The minimum absolute atomic E-state index is 0. The average molecular weight is 506 g/mol. The van der Waals surface area contributed by atoms with Crippen LogP contribution in [0.15, 0.2) is 29.3 Å². The summed E-state index contributed by atoms with van der Waals surface area (Å²) in [7, 11) is 1.83. The number of likely N-dealkylation sites (N-methyl/N-ethyl adjacent to an activating group) is 1. The second-order valence-corrected chi connectivity index (χ2v) is 7.55. The van der Waals surface area contributed by atoms with Crippen molar-refractivity contribution < 1.29 is 9.53 Å². The lowest BCUT2D eigenvalue weighted by Gasteiger charge is -2.34. The van der Waals surface area contributed by atoms with Gasteiger partial charge in [0.1, 0.15) is 5.75 Å². The maximum atomic E-state index is 11.5. The molecular formula is C19H31IN4O2S. The molecule has 1 aliphatic rings. The van der Waals surface area contributed by atoms with Crippen LogP contribution in [-0.2, 0) is 11.3 Å². The third-order valence-electron chi connectivity index (χ3n) is 4.20. The van der Waals surface area contributed by atoms with Crippen molar-refractivity contribution >= 4 is 47.6 Å². The van der Waals surface area contributed by atoms with Gasteiger partial charge in [-0.3, -0.25) is 9.79 Å². The molecule has 1 aliphatic heterocycles. The molecule has 6 nitrogen and oxygen atoms in total. The van der Waals surface area contributed by atoms with Gasteiger partial charge < -0.3 is 20.3 Å². The molecule has 27 heavy (non-hydrogen) atoms. The molecule has 0 aromatic heterocycles. The summed E-state index contributed by atoms with van der Waals surface area (Å²) in [6.07, 6.45) is 1.18. The number of amides is 1. The van der Waals surface area contributed by atoms with Crippen LogP contribution in [0.2, 0.25) is 0 Å². The third-order valence-corrected chi connectivity index (χ3v) is 5.57. The summed E-state index contributed by atoms with van der Waals surface area (Å²) in [5.74, 6) is 2.68. The molecule has 1 aromatic carbocycles. The number of halogens is 1. The first-order chi connectivity index (χ1) is 12.7. The Hall–Kier alpha value is -1.16. The van der Waals surface area contributed by atoms with Crippen molar-refractivity contribution in [1.82, 2.24) is 15.5 Å². The molecule has 1 saturated heterocycles. The summed E-state index contributed by atoms with van der Waals surface area (Å²) < 4.78 is 5.56. The fraction of sp³-hybridized carbons (Fsp3) is 0.579. The van der Waals surface area contributed by atoms with Crippen molar-refractivity contribution in [2.24, 2.45) is 4.99 Å². The Bertz CT molecular complexity index is 615. The van der Waals surface area contributed by atoms with Gasteiger partial charge >= 0.3 is 0 Å². The predicted molar refractivity (Wildman–Crippen MR) is 124 cm³/mol. The van der Waals surface area contributed by atoms with Gasteiger partial charge in [0, 0.05) is 44.2 Å². The molecule has 1 unspecified atom stereocenters. The van der Waals surface area contributed by atoms with Gasteiger partial charge in [0.25, 0.3) is 5.91 Å². The Balaban J connectivity index is 0.00000364. The first-order valence-electron chi connectivity index (χ1n) is 9.21. The maximum absolute atomic E-state index is 11.5. The van der Waals surface area contributed by atoms with Crippen molar-refractivity contribution in [2.75, 3.05) is 39.0 Å². The molecule has 1 amide bonds.